The average Bonchev–Trinajstić information content (AvgIpc) is 3.30. The lowest BCUT2D eigenvalue weighted by molar-refractivity contribution is -0.111. The lowest BCUT2D eigenvalue weighted by Crippen LogP contribution is -2.31. The first-order valence-electron chi connectivity index (χ1n) is 8.97. The summed E-state index contributed by atoms with van der Waals surface area (Å²) in [6.07, 6.45) is 6.42. The van der Waals surface area contributed by atoms with Crippen molar-refractivity contribution in [3.63, 3.8) is 0 Å². The van der Waals surface area contributed by atoms with Crippen LogP contribution in [0.3, 0.4) is 0 Å². The van der Waals surface area contributed by atoms with Crippen LogP contribution in [0.15, 0.2) is 33.8 Å². The van der Waals surface area contributed by atoms with E-state index in [9.17, 15) is 13.2 Å². The lowest BCUT2D eigenvalue weighted by atomic mass is 10.0. The van der Waals surface area contributed by atoms with Gasteiger partial charge in [-0.1, -0.05) is 32.4 Å². The highest BCUT2D eigenvalue weighted by atomic mass is 32.2. The van der Waals surface area contributed by atoms with Gasteiger partial charge in [0.1, 0.15) is 11.2 Å². The number of carbonyl (C=O) groups excluding carboxylic acids is 1. The van der Waals surface area contributed by atoms with Gasteiger partial charge in [0, 0.05) is 11.9 Å². The molecule has 1 saturated carbocycles. The van der Waals surface area contributed by atoms with Gasteiger partial charge < -0.3 is 10.1 Å². The van der Waals surface area contributed by atoms with E-state index in [1.54, 1.807) is 19.2 Å². The van der Waals surface area contributed by atoms with Gasteiger partial charge in [-0.15, -0.1) is 0 Å². The molecular formula is C19H25N3O3S. The van der Waals surface area contributed by atoms with E-state index < -0.39 is 15.4 Å². The number of aldehydes is 1. The highest BCUT2D eigenvalue weighted by molar-refractivity contribution is 7.89. The summed E-state index contributed by atoms with van der Waals surface area (Å²) in [6, 6.07) is 3.67. The second-order valence-corrected chi connectivity index (χ2v) is 8.58. The van der Waals surface area contributed by atoms with Crippen LogP contribution in [0.4, 0.5) is 11.4 Å². The van der Waals surface area contributed by atoms with Crippen LogP contribution >= 0.6 is 0 Å². The number of carbonyl (C=O) groups is 1. The Morgan fingerprint density at radius 2 is 2.19 bits per heavy atom. The molecule has 1 aromatic carbocycles. The van der Waals surface area contributed by atoms with E-state index in [-0.39, 0.29) is 10.8 Å². The Morgan fingerprint density at radius 3 is 2.77 bits per heavy atom. The zero-order valence-corrected chi connectivity index (χ0v) is 16.2. The molecule has 1 aliphatic carbocycles. The molecule has 1 fully saturated rings. The van der Waals surface area contributed by atoms with Crippen molar-refractivity contribution < 1.29 is 13.2 Å². The quantitative estimate of drug-likeness (QED) is 0.717. The summed E-state index contributed by atoms with van der Waals surface area (Å²) >= 11 is 0. The summed E-state index contributed by atoms with van der Waals surface area (Å²) in [7, 11) is -3.86. The molecule has 0 amide bonds. The Balaban J connectivity index is 2.07. The molecule has 6 nitrogen and oxygen atoms in total. The van der Waals surface area contributed by atoms with Crippen molar-refractivity contribution in [3.8, 4) is 0 Å². The maximum absolute atomic E-state index is 13.3. The first-order valence-corrected chi connectivity index (χ1v) is 10.5. The first-order chi connectivity index (χ1) is 12.4. The summed E-state index contributed by atoms with van der Waals surface area (Å²) in [5.74, 6) is 0.136. The fourth-order valence-electron chi connectivity index (χ4n) is 3.63. The Bertz CT molecular complexity index is 890. The average molecular weight is 375 g/mol. The van der Waals surface area contributed by atoms with Crippen molar-refractivity contribution in [1.29, 1.82) is 0 Å². The first kappa shape index (κ1) is 18.6. The van der Waals surface area contributed by atoms with Gasteiger partial charge in [-0.25, -0.2) is 8.42 Å². The highest BCUT2D eigenvalue weighted by Gasteiger charge is 2.55. The molecule has 0 aromatic heterocycles. The van der Waals surface area contributed by atoms with Crippen LogP contribution < -0.4 is 10.0 Å². The van der Waals surface area contributed by atoms with Crippen LogP contribution in [-0.2, 0) is 21.2 Å². The molecule has 1 aliphatic heterocycles. The molecule has 1 aromatic rings. The van der Waals surface area contributed by atoms with Crippen molar-refractivity contribution in [3.05, 3.63) is 29.5 Å². The Labute approximate surface area is 154 Å². The SMILES string of the molecule is C/C=C(/NS(=O)(=O)c1c(CCC)ccc2c1NCC=N2)C1(C=O)CC1C. The van der Waals surface area contributed by atoms with Crippen LogP contribution in [0.25, 0.3) is 0 Å². The fourth-order valence-corrected chi connectivity index (χ4v) is 5.29. The topological polar surface area (TPSA) is 87.6 Å². The summed E-state index contributed by atoms with van der Waals surface area (Å²) in [4.78, 5) is 16.2. The number of rotatable bonds is 7. The van der Waals surface area contributed by atoms with Gasteiger partial charge in [0.2, 0.25) is 0 Å². The van der Waals surface area contributed by atoms with Gasteiger partial charge in [0.05, 0.1) is 23.3 Å². The van der Waals surface area contributed by atoms with Gasteiger partial charge in [0.15, 0.2) is 0 Å². The van der Waals surface area contributed by atoms with Gasteiger partial charge in [-0.2, -0.15) is 0 Å². The Kier molecular flexibility index (Phi) is 4.92. The van der Waals surface area contributed by atoms with E-state index in [1.165, 1.54) is 0 Å². The number of aliphatic imine (C=N–C) groups is 1. The monoisotopic (exact) mass is 375 g/mol. The molecule has 0 bridgehead atoms. The molecule has 7 heteroatoms. The summed E-state index contributed by atoms with van der Waals surface area (Å²) in [5, 5.41) is 3.15. The van der Waals surface area contributed by atoms with Crippen molar-refractivity contribution in [1.82, 2.24) is 4.72 Å². The predicted molar refractivity (Wildman–Crippen MR) is 103 cm³/mol. The van der Waals surface area contributed by atoms with Crippen LogP contribution in [0, 0.1) is 11.3 Å². The fraction of sp³-hybridized carbons (Fsp3) is 0.474. The highest BCUT2D eigenvalue weighted by Crippen LogP contribution is 2.55. The maximum Gasteiger partial charge on any atom is 0.264 e. The van der Waals surface area contributed by atoms with E-state index >= 15 is 0 Å². The number of sulfonamides is 1. The summed E-state index contributed by atoms with van der Waals surface area (Å²) < 4.78 is 29.3. The molecule has 0 saturated heterocycles. The van der Waals surface area contributed by atoms with Crippen LogP contribution in [0.2, 0.25) is 0 Å². The molecule has 140 valence electrons. The number of hydrogen-bond donors (Lipinski definition) is 2. The minimum atomic E-state index is -3.86. The molecule has 3 rings (SSSR count). The number of aryl methyl sites for hydroxylation is 1. The third-order valence-corrected chi connectivity index (χ3v) is 6.71. The molecule has 2 N–H and O–H groups in total. The zero-order valence-electron chi connectivity index (χ0n) is 15.4. The summed E-state index contributed by atoms with van der Waals surface area (Å²) in [6.45, 7) is 6.20. The molecule has 0 radical (unpaired) electrons. The molecule has 2 atom stereocenters. The third-order valence-electron chi connectivity index (χ3n) is 5.21. The van der Waals surface area contributed by atoms with Crippen LogP contribution in [-0.4, -0.2) is 27.5 Å². The molecule has 1 heterocycles. The van der Waals surface area contributed by atoms with Gasteiger partial charge in [-0.05, 0) is 37.3 Å². The Morgan fingerprint density at radius 1 is 1.46 bits per heavy atom. The van der Waals surface area contributed by atoms with Gasteiger partial charge >= 0.3 is 0 Å². The minimum absolute atomic E-state index is 0.136. The predicted octanol–water partition coefficient (Wildman–Crippen LogP) is 3.17. The smallest absolute Gasteiger partial charge is 0.264 e. The van der Waals surface area contributed by atoms with E-state index in [4.69, 9.17) is 0 Å². The van der Waals surface area contributed by atoms with Crippen LogP contribution in [0.5, 0.6) is 0 Å². The van der Waals surface area contributed by atoms with E-state index in [1.807, 2.05) is 26.0 Å². The van der Waals surface area contributed by atoms with E-state index in [0.29, 0.717) is 36.5 Å². The van der Waals surface area contributed by atoms with Gasteiger partial charge in [-0.3, -0.25) is 9.71 Å². The third kappa shape index (κ3) is 3.05. The van der Waals surface area contributed by atoms with Crippen molar-refractivity contribution >= 4 is 33.9 Å². The maximum atomic E-state index is 13.3. The van der Waals surface area contributed by atoms with Crippen molar-refractivity contribution in [2.24, 2.45) is 16.3 Å². The van der Waals surface area contributed by atoms with Crippen molar-refractivity contribution in [2.45, 2.75) is 44.9 Å². The minimum Gasteiger partial charge on any atom is -0.377 e. The Hall–Kier alpha value is -2.15. The second kappa shape index (κ2) is 6.87. The lowest BCUT2D eigenvalue weighted by Gasteiger charge is -2.23. The summed E-state index contributed by atoms with van der Waals surface area (Å²) in [5.41, 5.74) is 1.64. The molecule has 2 unspecified atom stereocenters. The molecule has 0 spiro atoms. The number of nitrogens with one attached hydrogen (secondary N) is 2. The number of hydrogen-bond acceptors (Lipinski definition) is 5. The largest absolute Gasteiger partial charge is 0.377 e. The number of allylic oxidation sites excluding steroid dienone is 2. The zero-order chi connectivity index (χ0) is 18.9. The normalized spacial score (nSPS) is 24.6. The number of nitrogens with zero attached hydrogens (tertiary/aromatic N) is 1. The molecular weight excluding hydrogens is 350 g/mol. The second-order valence-electron chi connectivity index (χ2n) is 6.96. The van der Waals surface area contributed by atoms with Gasteiger partial charge in [0.25, 0.3) is 10.0 Å². The number of anilines is 1. The standard InChI is InChI=1S/C19H25N3O3S/c1-4-6-14-7-8-15-17(21-10-9-20-15)18(14)26(24,25)22-16(5-2)19(12-23)11-13(19)3/h5,7-9,12-13,21-22H,4,6,10-11H2,1-3H3/b16-5+. The number of benzene rings is 1. The van der Waals surface area contributed by atoms with Crippen molar-refractivity contribution in [2.75, 3.05) is 11.9 Å². The molecule has 26 heavy (non-hydrogen) atoms. The van der Waals surface area contributed by atoms with E-state index in [2.05, 4.69) is 15.0 Å². The number of fused-ring (bicyclic) bond motifs is 1. The van der Waals surface area contributed by atoms with Crippen LogP contribution in [0.1, 0.15) is 39.2 Å². The van der Waals surface area contributed by atoms with E-state index in [0.717, 1.165) is 18.3 Å². The molecule has 2 aliphatic rings.